The molecule has 0 N–H and O–H groups in total. The summed E-state index contributed by atoms with van der Waals surface area (Å²) in [6.07, 6.45) is 7.04. The second-order valence-corrected chi connectivity index (χ2v) is 11.7. The van der Waals surface area contributed by atoms with Gasteiger partial charge in [0.2, 0.25) is 0 Å². The van der Waals surface area contributed by atoms with E-state index in [1.807, 2.05) is 55.0 Å². The maximum atomic E-state index is 14.1. The van der Waals surface area contributed by atoms with Gasteiger partial charge >= 0.3 is 216 Å². The number of carbonyl (C=O) groups excluding carboxylic acids is 1. The standard InChI is InChI=1S/C27H24ClFOS2Se/c1-31-27(32-2)26(25(30)17-14-20-8-6-7-11-24(20)29)23(19-12-15-21(28)16-13-19)18-33-22-9-4-3-5-10-22/h3-17,23H,18H2,1-2H3/b17-14+. The van der Waals surface area contributed by atoms with Gasteiger partial charge in [0, 0.05) is 0 Å². The van der Waals surface area contributed by atoms with E-state index in [2.05, 4.69) is 12.1 Å². The van der Waals surface area contributed by atoms with Gasteiger partial charge in [0.15, 0.2) is 0 Å². The van der Waals surface area contributed by atoms with Crippen LogP contribution in [0.3, 0.4) is 0 Å². The van der Waals surface area contributed by atoms with Gasteiger partial charge in [-0.25, -0.2) is 0 Å². The molecule has 6 heteroatoms. The Kier molecular flexibility index (Phi) is 10.4. The van der Waals surface area contributed by atoms with Crippen LogP contribution in [0.1, 0.15) is 17.0 Å². The van der Waals surface area contributed by atoms with Crippen LogP contribution in [0.4, 0.5) is 4.39 Å². The SMILES string of the molecule is CSC(SC)=C(C(=O)/C=C/c1ccccc1F)C(C[Se]c1ccccc1)c1ccc(Cl)cc1. The van der Waals surface area contributed by atoms with Crippen LogP contribution >= 0.6 is 35.1 Å². The Hall–Kier alpha value is -1.75. The molecule has 0 amide bonds. The van der Waals surface area contributed by atoms with Gasteiger partial charge < -0.3 is 0 Å². The zero-order valence-corrected chi connectivity index (χ0v) is 22.4. The van der Waals surface area contributed by atoms with Crippen molar-refractivity contribution < 1.29 is 9.18 Å². The van der Waals surface area contributed by atoms with E-state index in [9.17, 15) is 9.18 Å². The van der Waals surface area contributed by atoms with Crippen molar-refractivity contribution in [2.75, 3.05) is 12.5 Å². The number of carbonyl (C=O) groups is 1. The summed E-state index contributed by atoms with van der Waals surface area (Å²) >= 11 is 9.47. The van der Waals surface area contributed by atoms with Crippen molar-refractivity contribution in [1.29, 1.82) is 0 Å². The Labute approximate surface area is 215 Å². The van der Waals surface area contributed by atoms with Gasteiger partial charge in [0.05, 0.1) is 0 Å². The Morgan fingerprint density at radius 3 is 2.24 bits per heavy atom. The first-order valence-electron chi connectivity index (χ1n) is 10.3. The fraction of sp³-hybridized carbons (Fsp3) is 0.148. The number of rotatable bonds is 10. The summed E-state index contributed by atoms with van der Waals surface area (Å²) in [5.41, 5.74) is 2.21. The number of ketones is 1. The summed E-state index contributed by atoms with van der Waals surface area (Å²) in [6, 6.07) is 24.6. The predicted molar refractivity (Wildman–Crippen MR) is 145 cm³/mol. The molecular formula is C27H24ClFOS2Se. The van der Waals surface area contributed by atoms with Crippen molar-refractivity contribution in [3.63, 3.8) is 0 Å². The van der Waals surface area contributed by atoms with Gasteiger partial charge in [-0.15, -0.1) is 0 Å². The van der Waals surface area contributed by atoms with E-state index in [-0.39, 0.29) is 32.5 Å². The second-order valence-electron chi connectivity index (χ2n) is 7.06. The molecule has 0 aliphatic rings. The third kappa shape index (κ3) is 7.37. The first-order chi connectivity index (χ1) is 16.0. The third-order valence-corrected chi connectivity index (χ3v) is 9.71. The van der Waals surface area contributed by atoms with Crippen molar-refractivity contribution >= 4 is 66.4 Å². The van der Waals surface area contributed by atoms with E-state index < -0.39 is 0 Å². The Morgan fingerprint density at radius 1 is 0.970 bits per heavy atom. The molecule has 0 bridgehead atoms. The fourth-order valence-corrected chi connectivity index (χ4v) is 7.28. The molecule has 3 aromatic rings. The molecule has 1 atom stereocenters. The number of thioether (sulfide) groups is 2. The number of hydrogen-bond acceptors (Lipinski definition) is 3. The predicted octanol–water partition coefficient (Wildman–Crippen LogP) is 7.23. The monoisotopic (exact) mass is 562 g/mol. The number of benzene rings is 3. The number of hydrogen-bond donors (Lipinski definition) is 0. The zero-order chi connectivity index (χ0) is 23.6. The molecule has 0 spiro atoms. The van der Waals surface area contributed by atoms with Gasteiger partial charge in [-0.2, -0.15) is 0 Å². The van der Waals surface area contributed by atoms with Crippen LogP contribution in [-0.2, 0) is 4.79 Å². The quantitative estimate of drug-likeness (QED) is 0.192. The van der Waals surface area contributed by atoms with E-state index in [1.165, 1.54) is 16.6 Å². The molecule has 0 heterocycles. The Morgan fingerprint density at radius 2 is 1.61 bits per heavy atom. The second kappa shape index (κ2) is 13.2. The number of halogens is 2. The van der Waals surface area contributed by atoms with Crippen LogP contribution in [0.2, 0.25) is 10.3 Å². The Bertz CT molecular complexity index is 1120. The van der Waals surface area contributed by atoms with E-state index in [4.69, 9.17) is 11.6 Å². The molecule has 0 saturated carbocycles. The van der Waals surface area contributed by atoms with Crippen LogP contribution in [0.5, 0.6) is 0 Å². The van der Waals surface area contributed by atoms with Crippen molar-refractivity contribution in [2.45, 2.75) is 11.2 Å². The molecule has 0 fully saturated rings. The van der Waals surface area contributed by atoms with Crippen LogP contribution in [0, 0.1) is 5.82 Å². The summed E-state index contributed by atoms with van der Waals surface area (Å²) in [5.74, 6) is -0.528. The van der Waals surface area contributed by atoms with Gasteiger partial charge in [0.1, 0.15) is 0 Å². The van der Waals surface area contributed by atoms with Gasteiger partial charge in [-0.3, -0.25) is 0 Å². The normalized spacial score (nSPS) is 12.0. The zero-order valence-electron chi connectivity index (χ0n) is 18.3. The van der Waals surface area contributed by atoms with Gasteiger partial charge in [-0.1, -0.05) is 0 Å². The molecule has 0 aliphatic heterocycles. The molecule has 33 heavy (non-hydrogen) atoms. The van der Waals surface area contributed by atoms with Crippen LogP contribution in [0.25, 0.3) is 6.08 Å². The minimum absolute atomic E-state index is 0.0878. The minimum atomic E-state index is -0.344. The number of allylic oxidation sites excluding steroid dienone is 2. The first-order valence-corrected chi connectivity index (χ1v) is 15.2. The molecule has 170 valence electrons. The van der Waals surface area contributed by atoms with E-state index >= 15 is 0 Å². The molecule has 0 saturated heterocycles. The summed E-state index contributed by atoms with van der Waals surface area (Å²) < 4.78 is 16.4. The molecule has 0 radical (unpaired) electrons. The average Bonchev–Trinajstić information content (AvgIpc) is 2.84. The van der Waals surface area contributed by atoms with Gasteiger partial charge in [0.25, 0.3) is 0 Å². The molecule has 0 aromatic heterocycles. The van der Waals surface area contributed by atoms with Crippen molar-refractivity contribution in [2.24, 2.45) is 0 Å². The Balaban J connectivity index is 2.01. The fourth-order valence-electron chi connectivity index (χ4n) is 3.32. The van der Waals surface area contributed by atoms with Crippen LogP contribution in [0.15, 0.2) is 94.7 Å². The van der Waals surface area contributed by atoms with Crippen LogP contribution < -0.4 is 4.46 Å². The average molecular weight is 562 g/mol. The summed E-state index contributed by atoms with van der Waals surface area (Å²) in [5, 5.41) is 1.50. The van der Waals surface area contributed by atoms with Crippen molar-refractivity contribution in [3.05, 3.63) is 117 Å². The molecular weight excluding hydrogens is 538 g/mol. The molecule has 3 aromatic carbocycles. The van der Waals surface area contributed by atoms with Gasteiger partial charge in [-0.05, 0) is 0 Å². The maximum absolute atomic E-state index is 14.1. The molecule has 1 unspecified atom stereocenters. The third-order valence-electron chi connectivity index (χ3n) is 4.96. The molecule has 1 nitrogen and oxygen atoms in total. The van der Waals surface area contributed by atoms with Crippen molar-refractivity contribution in [1.82, 2.24) is 0 Å². The van der Waals surface area contributed by atoms with Crippen LogP contribution in [-0.4, -0.2) is 33.3 Å². The first kappa shape index (κ1) is 25.9. The topological polar surface area (TPSA) is 17.1 Å². The summed E-state index contributed by atoms with van der Waals surface area (Å²) in [6.45, 7) is 0. The van der Waals surface area contributed by atoms with E-state index in [1.54, 1.807) is 47.8 Å². The molecule has 0 aliphatic carbocycles. The summed E-state index contributed by atoms with van der Waals surface area (Å²) in [4.78, 5) is 13.6. The molecule has 3 rings (SSSR count). The van der Waals surface area contributed by atoms with Crippen molar-refractivity contribution in [3.8, 4) is 0 Å². The van der Waals surface area contributed by atoms with E-state index in [0.29, 0.717) is 10.6 Å². The van der Waals surface area contributed by atoms with E-state index in [0.717, 1.165) is 20.7 Å². The summed E-state index contributed by atoms with van der Waals surface area (Å²) in [7, 11) is 0.